The van der Waals surface area contributed by atoms with Gasteiger partial charge < -0.3 is 16.0 Å². The standard InChI is InChI=1S/C25H24ClN3O2S/c1-17(18-8-3-2-4-9-18)27-24(31)20-11-7-12-21(16-20)28-25(32)29-23(30)15-14-19-10-5-6-13-22(19)26/h2-13,16-17H,14-15H2,1H3,(H,27,31)(H2,28,29,30,32). The zero-order valence-electron chi connectivity index (χ0n) is 17.6. The zero-order valence-corrected chi connectivity index (χ0v) is 19.2. The van der Waals surface area contributed by atoms with Crippen molar-refractivity contribution in [3.63, 3.8) is 0 Å². The summed E-state index contributed by atoms with van der Waals surface area (Å²) in [6.07, 6.45) is 0.773. The normalized spacial score (nSPS) is 11.3. The van der Waals surface area contributed by atoms with Gasteiger partial charge in [0.05, 0.1) is 6.04 Å². The van der Waals surface area contributed by atoms with E-state index in [1.165, 1.54) is 0 Å². The largest absolute Gasteiger partial charge is 0.346 e. The van der Waals surface area contributed by atoms with Gasteiger partial charge in [0, 0.05) is 22.7 Å². The van der Waals surface area contributed by atoms with Crippen molar-refractivity contribution in [1.82, 2.24) is 10.6 Å². The highest BCUT2D eigenvalue weighted by molar-refractivity contribution is 7.80. The molecule has 3 N–H and O–H groups in total. The summed E-state index contributed by atoms with van der Waals surface area (Å²) >= 11 is 11.4. The highest BCUT2D eigenvalue weighted by Crippen LogP contribution is 2.17. The Kier molecular flexibility index (Phi) is 8.36. The third-order valence-electron chi connectivity index (χ3n) is 4.86. The van der Waals surface area contributed by atoms with E-state index in [0.29, 0.717) is 22.7 Å². The molecule has 0 saturated carbocycles. The molecule has 1 atom stereocenters. The molecule has 0 saturated heterocycles. The number of hydrogen-bond donors (Lipinski definition) is 3. The van der Waals surface area contributed by atoms with Crippen molar-refractivity contribution < 1.29 is 9.59 Å². The first-order valence-electron chi connectivity index (χ1n) is 10.2. The molecule has 0 spiro atoms. The van der Waals surface area contributed by atoms with Crippen LogP contribution < -0.4 is 16.0 Å². The third kappa shape index (κ3) is 6.90. The summed E-state index contributed by atoms with van der Waals surface area (Å²) in [5.74, 6) is -0.410. The van der Waals surface area contributed by atoms with Crippen molar-refractivity contribution in [3.05, 3.63) is 101 Å². The number of carbonyl (C=O) groups excluding carboxylic acids is 2. The van der Waals surface area contributed by atoms with Crippen LogP contribution in [-0.2, 0) is 11.2 Å². The number of carbonyl (C=O) groups is 2. The Morgan fingerprint density at radius 3 is 2.44 bits per heavy atom. The fourth-order valence-corrected chi connectivity index (χ4v) is 3.61. The Bertz CT molecular complexity index is 1110. The molecule has 0 heterocycles. The lowest BCUT2D eigenvalue weighted by molar-refractivity contribution is -0.119. The van der Waals surface area contributed by atoms with Crippen LogP contribution in [0, 0.1) is 0 Å². The number of thiocarbonyl (C=S) groups is 1. The van der Waals surface area contributed by atoms with Gasteiger partial charge >= 0.3 is 0 Å². The quantitative estimate of drug-likeness (QED) is 0.415. The van der Waals surface area contributed by atoms with E-state index in [1.54, 1.807) is 30.3 Å². The maximum absolute atomic E-state index is 12.6. The van der Waals surface area contributed by atoms with Crippen LogP contribution in [-0.4, -0.2) is 16.9 Å². The van der Waals surface area contributed by atoms with E-state index in [2.05, 4.69) is 16.0 Å². The van der Waals surface area contributed by atoms with Gasteiger partial charge in [0.25, 0.3) is 5.91 Å². The first-order chi connectivity index (χ1) is 15.4. The van der Waals surface area contributed by atoms with Gasteiger partial charge in [-0.1, -0.05) is 66.2 Å². The summed E-state index contributed by atoms with van der Waals surface area (Å²) in [5.41, 5.74) is 3.04. The number of rotatable bonds is 7. The molecular formula is C25H24ClN3O2S. The highest BCUT2D eigenvalue weighted by atomic mass is 35.5. The van der Waals surface area contributed by atoms with Gasteiger partial charge in [-0.05, 0) is 61.0 Å². The Hall–Kier alpha value is -3.22. The zero-order chi connectivity index (χ0) is 22.9. The molecule has 3 rings (SSSR count). The number of halogens is 1. The van der Waals surface area contributed by atoms with Crippen LogP contribution in [0.3, 0.4) is 0 Å². The van der Waals surface area contributed by atoms with E-state index in [9.17, 15) is 9.59 Å². The predicted octanol–water partition coefficient (Wildman–Crippen LogP) is 5.28. The van der Waals surface area contributed by atoms with Gasteiger partial charge in [-0.25, -0.2) is 0 Å². The van der Waals surface area contributed by atoms with Crippen molar-refractivity contribution in [3.8, 4) is 0 Å². The van der Waals surface area contributed by atoms with Gasteiger partial charge in [0.1, 0.15) is 0 Å². The second kappa shape index (κ2) is 11.4. The molecular weight excluding hydrogens is 442 g/mol. The van der Waals surface area contributed by atoms with Gasteiger partial charge in [0.15, 0.2) is 5.11 Å². The van der Waals surface area contributed by atoms with E-state index in [-0.39, 0.29) is 29.4 Å². The minimum absolute atomic E-state index is 0.126. The van der Waals surface area contributed by atoms with Crippen molar-refractivity contribution in [2.75, 3.05) is 5.32 Å². The van der Waals surface area contributed by atoms with Crippen molar-refractivity contribution >= 4 is 46.4 Å². The van der Waals surface area contributed by atoms with Crippen LogP contribution in [0.1, 0.15) is 40.9 Å². The molecule has 2 amide bonds. The lowest BCUT2D eigenvalue weighted by Gasteiger charge is -2.15. The number of aryl methyl sites for hydroxylation is 1. The summed E-state index contributed by atoms with van der Waals surface area (Å²) in [6, 6.07) is 24.0. The molecule has 164 valence electrons. The maximum Gasteiger partial charge on any atom is 0.251 e. The summed E-state index contributed by atoms with van der Waals surface area (Å²) in [5, 5.41) is 9.40. The van der Waals surface area contributed by atoms with Crippen LogP contribution >= 0.6 is 23.8 Å². The fraction of sp³-hybridized carbons (Fsp3) is 0.160. The number of nitrogens with one attached hydrogen (secondary N) is 3. The molecule has 0 aliphatic rings. The number of anilines is 1. The molecule has 0 aromatic heterocycles. The first-order valence-corrected chi connectivity index (χ1v) is 11.0. The molecule has 3 aromatic rings. The molecule has 0 aliphatic heterocycles. The second-order valence-corrected chi connectivity index (χ2v) is 8.10. The first kappa shape index (κ1) is 23.4. The SMILES string of the molecule is CC(NC(=O)c1cccc(NC(=S)NC(=O)CCc2ccccc2Cl)c1)c1ccccc1. The minimum Gasteiger partial charge on any atom is -0.346 e. The van der Waals surface area contributed by atoms with Crippen LogP contribution in [0.15, 0.2) is 78.9 Å². The van der Waals surface area contributed by atoms with Crippen LogP contribution in [0.5, 0.6) is 0 Å². The number of amides is 2. The van der Waals surface area contributed by atoms with E-state index >= 15 is 0 Å². The average Bonchev–Trinajstić information content (AvgIpc) is 2.79. The predicted molar refractivity (Wildman–Crippen MR) is 133 cm³/mol. The Labute approximate surface area is 198 Å². The molecule has 0 aliphatic carbocycles. The van der Waals surface area contributed by atoms with Crippen molar-refractivity contribution in [2.24, 2.45) is 0 Å². The molecule has 0 bridgehead atoms. The van der Waals surface area contributed by atoms with Gasteiger partial charge in [-0.2, -0.15) is 0 Å². The lowest BCUT2D eigenvalue weighted by atomic mass is 10.1. The Morgan fingerprint density at radius 2 is 1.69 bits per heavy atom. The molecule has 1 unspecified atom stereocenters. The Morgan fingerprint density at radius 1 is 0.969 bits per heavy atom. The molecule has 0 radical (unpaired) electrons. The van der Waals surface area contributed by atoms with Crippen LogP contribution in [0.25, 0.3) is 0 Å². The highest BCUT2D eigenvalue weighted by Gasteiger charge is 2.12. The van der Waals surface area contributed by atoms with E-state index in [0.717, 1.165) is 11.1 Å². The summed E-state index contributed by atoms with van der Waals surface area (Å²) < 4.78 is 0. The van der Waals surface area contributed by atoms with E-state index < -0.39 is 0 Å². The maximum atomic E-state index is 12.6. The smallest absolute Gasteiger partial charge is 0.251 e. The topological polar surface area (TPSA) is 70.2 Å². The molecule has 5 nitrogen and oxygen atoms in total. The fourth-order valence-electron chi connectivity index (χ4n) is 3.14. The van der Waals surface area contributed by atoms with Gasteiger partial charge in [-0.3, -0.25) is 9.59 Å². The van der Waals surface area contributed by atoms with Crippen molar-refractivity contribution in [2.45, 2.75) is 25.8 Å². The monoisotopic (exact) mass is 465 g/mol. The summed E-state index contributed by atoms with van der Waals surface area (Å²) in [6.45, 7) is 1.93. The molecule has 7 heteroatoms. The average molecular weight is 466 g/mol. The van der Waals surface area contributed by atoms with Crippen molar-refractivity contribution in [1.29, 1.82) is 0 Å². The Balaban J connectivity index is 1.52. The molecule has 32 heavy (non-hydrogen) atoms. The number of benzene rings is 3. The summed E-state index contributed by atoms with van der Waals surface area (Å²) in [4.78, 5) is 24.9. The van der Waals surface area contributed by atoms with E-state index in [4.69, 9.17) is 23.8 Å². The van der Waals surface area contributed by atoms with Gasteiger partial charge in [-0.15, -0.1) is 0 Å². The van der Waals surface area contributed by atoms with Crippen LogP contribution in [0.4, 0.5) is 5.69 Å². The molecule has 0 fully saturated rings. The third-order valence-corrected chi connectivity index (χ3v) is 5.43. The van der Waals surface area contributed by atoms with E-state index in [1.807, 2.05) is 55.5 Å². The summed E-state index contributed by atoms with van der Waals surface area (Å²) in [7, 11) is 0. The lowest BCUT2D eigenvalue weighted by Crippen LogP contribution is -2.34. The second-order valence-electron chi connectivity index (χ2n) is 7.28. The van der Waals surface area contributed by atoms with Gasteiger partial charge in [0.2, 0.25) is 5.91 Å². The van der Waals surface area contributed by atoms with Crippen LogP contribution in [0.2, 0.25) is 5.02 Å². The minimum atomic E-state index is -0.215. The number of hydrogen-bond acceptors (Lipinski definition) is 3. The molecule has 3 aromatic carbocycles.